The van der Waals surface area contributed by atoms with Crippen LogP contribution in [0.5, 0.6) is 0 Å². The maximum Gasteiger partial charge on any atom is 0.0107 e. The molecule has 0 aromatic heterocycles. The Morgan fingerprint density at radius 3 is 2.27 bits per heavy atom. The van der Waals surface area contributed by atoms with Gasteiger partial charge in [0.2, 0.25) is 0 Å². The summed E-state index contributed by atoms with van der Waals surface area (Å²) in [6.45, 7) is 6.74. The highest BCUT2D eigenvalue weighted by atomic mass is 14.9. The monoisotopic (exact) mass is 205 g/mol. The normalized spacial score (nSPS) is 14.9. The third kappa shape index (κ3) is 4.48. The van der Waals surface area contributed by atoms with Crippen molar-refractivity contribution in [2.24, 2.45) is 0 Å². The maximum atomic E-state index is 3.66. The summed E-state index contributed by atoms with van der Waals surface area (Å²) in [4.78, 5) is 0. The molecule has 0 fully saturated rings. The number of rotatable bonds is 6. The van der Waals surface area contributed by atoms with Crippen molar-refractivity contribution in [3.05, 3.63) is 35.9 Å². The van der Waals surface area contributed by atoms with Gasteiger partial charge in [0.1, 0.15) is 0 Å². The van der Waals surface area contributed by atoms with Gasteiger partial charge in [-0.25, -0.2) is 0 Å². The lowest BCUT2D eigenvalue weighted by Gasteiger charge is -2.21. The van der Waals surface area contributed by atoms with Crippen LogP contribution < -0.4 is 5.32 Å². The molecule has 1 rings (SSSR count). The molecule has 0 aliphatic rings. The number of nitrogens with one attached hydrogen (secondary N) is 1. The Morgan fingerprint density at radius 2 is 1.73 bits per heavy atom. The third-order valence-electron chi connectivity index (χ3n) is 2.95. The molecular formula is C14H23N. The minimum absolute atomic E-state index is 0.613. The van der Waals surface area contributed by atoms with Crippen molar-refractivity contribution in [2.45, 2.75) is 52.1 Å². The molecule has 0 radical (unpaired) electrons. The highest BCUT2D eigenvalue weighted by molar-refractivity contribution is 5.15. The van der Waals surface area contributed by atoms with Gasteiger partial charge in [0.25, 0.3) is 0 Å². The lowest BCUT2D eigenvalue weighted by atomic mass is 10.0. The van der Waals surface area contributed by atoms with Gasteiger partial charge >= 0.3 is 0 Å². The summed E-state index contributed by atoms with van der Waals surface area (Å²) in [6.07, 6.45) is 3.53. The highest BCUT2D eigenvalue weighted by Gasteiger charge is 2.09. The predicted molar refractivity (Wildman–Crippen MR) is 67.1 cm³/mol. The van der Waals surface area contributed by atoms with E-state index in [9.17, 15) is 0 Å². The van der Waals surface area contributed by atoms with Crippen molar-refractivity contribution >= 4 is 0 Å². The largest absolute Gasteiger partial charge is 0.311 e. The van der Waals surface area contributed by atoms with Crippen LogP contribution in [0, 0.1) is 0 Å². The molecule has 1 heteroatoms. The van der Waals surface area contributed by atoms with Crippen LogP contribution in [-0.4, -0.2) is 12.1 Å². The summed E-state index contributed by atoms with van der Waals surface area (Å²) in [6, 6.07) is 12.0. The lowest BCUT2D eigenvalue weighted by Crippen LogP contribution is -2.37. The van der Waals surface area contributed by atoms with Gasteiger partial charge in [-0.3, -0.25) is 0 Å². The van der Waals surface area contributed by atoms with E-state index in [1.54, 1.807) is 0 Å². The van der Waals surface area contributed by atoms with E-state index in [-0.39, 0.29) is 0 Å². The first-order chi connectivity index (χ1) is 7.26. The molecule has 1 aromatic carbocycles. The van der Waals surface area contributed by atoms with Crippen LogP contribution in [0.2, 0.25) is 0 Å². The smallest absolute Gasteiger partial charge is 0.0107 e. The molecule has 2 atom stereocenters. The van der Waals surface area contributed by atoms with Crippen LogP contribution in [0.15, 0.2) is 30.3 Å². The Bertz CT molecular complexity index is 255. The fraction of sp³-hybridized carbons (Fsp3) is 0.571. The Morgan fingerprint density at radius 1 is 1.07 bits per heavy atom. The van der Waals surface area contributed by atoms with Crippen molar-refractivity contribution in [3.63, 3.8) is 0 Å². The van der Waals surface area contributed by atoms with Crippen LogP contribution in [0.3, 0.4) is 0 Å². The Labute approximate surface area is 93.9 Å². The van der Waals surface area contributed by atoms with Crippen molar-refractivity contribution in [3.8, 4) is 0 Å². The molecule has 0 saturated carbocycles. The van der Waals surface area contributed by atoms with E-state index >= 15 is 0 Å². The van der Waals surface area contributed by atoms with Gasteiger partial charge in [-0.2, -0.15) is 0 Å². The Kier molecular flexibility index (Phi) is 5.41. The molecular weight excluding hydrogens is 182 g/mol. The van der Waals surface area contributed by atoms with E-state index in [1.807, 2.05) is 0 Å². The van der Waals surface area contributed by atoms with E-state index in [0.29, 0.717) is 12.1 Å². The average molecular weight is 205 g/mol. The summed E-state index contributed by atoms with van der Waals surface area (Å²) in [5.41, 5.74) is 1.43. The van der Waals surface area contributed by atoms with Gasteiger partial charge < -0.3 is 5.32 Å². The molecule has 2 unspecified atom stereocenters. The maximum absolute atomic E-state index is 3.66. The third-order valence-corrected chi connectivity index (χ3v) is 2.95. The van der Waals surface area contributed by atoms with E-state index in [4.69, 9.17) is 0 Å². The molecule has 0 saturated heterocycles. The molecule has 1 nitrogen and oxygen atoms in total. The Balaban J connectivity index is 2.47. The fourth-order valence-corrected chi connectivity index (χ4v) is 1.74. The molecule has 0 aliphatic carbocycles. The number of hydrogen-bond donors (Lipinski definition) is 1. The molecule has 0 aliphatic heterocycles. The molecule has 84 valence electrons. The molecule has 0 amide bonds. The zero-order valence-corrected chi connectivity index (χ0v) is 10.2. The second-order valence-electron chi connectivity index (χ2n) is 4.27. The highest BCUT2D eigenvalue weighted by Crippen LogP contribution is 2.06. The van der Waals surface area contributed by atoms with Crippen LogP contribution in [0.4, 0.5) is 0 Å². The quantitative estimate of drug-likeness (QED) is 0.750. The predicted octanol–water partition coefficient (Wildman–Crippen LogP) is 3.40. The molecule has 1 aromatic rings. The van der Waals surface area contributed by atoms with Crippen molar-refractivity contribution in [1.82, 2.24) is 5.32 Å². The second kappa shape index (κ2) is 6.62. The first kappa shape index (κ1) is 12.3. The molecule has 0 heterocycles. The zero-order valence-electron chi connectivity index (χ0n) is 10.2. The Hall–Kier alpha value is -0.820. The summed E-state index contributed by atoms with van der Waals surface area (Å²) in [7, 11) is 0. The molecule has 0 spiro atoms. The minimum Gasteiger partial charge on any atom is -0.311 e. The lowest BCUT2D eigenvalue weighted by molar-refractivity contribution is 0.424. The minimum atomic E-state index is 0.613. The van der Waals surface area contributed by atoms with Crippen molar-refractivity contribution in [1.29, 1.82) is 0 Å². The van der Waals surface area contributed by atoms with Gasteiger partial charge in [-0.1, -0.05) is 44.2 Å². The number of benzene rings is 1. The van der Waals surface area contributed by atoms with Gasteiger partial charge in [0.05, 0.1) is 0 Å². The summed E-state index contributed by atoms with van der Waals surface area (Å²) >= 11 is 0. The second-order valence-corrected chi connectivity index (χ2v) is 4.27. The van der Waals surface area contributed by atoms with Crippen molar-refractivity contribution < 1.29 is 0 Å². The van der Waals surface area contributed by atoms with Crippen LogP contribution in [-0.2, 0) is 6.42 Å². The number of hydrogen-bond acceptors (Lipinski definition) is 1. The van der Waals surface area contributed by atoms with E-state index in [0.717, 1.165) is 6.42 Å². The van der Waals surface area contributed by atoms with Crippen LogP contribution >= 0.6 is 0 Å². The molecule has 0 bridgehead atoms. The molecule has 1 N–H and O–H groups in total. The van der Waals surface area contributed by atoms with Gasteiger partial charge in [-0.15, -0.1) is 0 Å². The zero-order chi connectivity index (χ0) is 11.1. The van der Waals surface area contributed by atoms with Crippen molar-refractivity contribution in [2.75, 3.05) is 0 Å². The topological polar surface area (TPSA) is 12.0 Å². The fourth-order valence-electron chi connectivity index (χ4n) is 1.74. The van der Waals surface area contributed by atoms with E-state index in [1.165, 1.54) is 18.4 Å². The first-order valence-corrected chi connectivity index (χ1v) is 6.06. The first-order valence-electron chi connectivity index (χ1n) is 6.06. The van der Waals surface area contributed by atoms with Gasteiger partial charge in [-0.05, 0) is 31.7 Å². The molecule has 15 heavy (non-hydrogen) atoms. The average Bonchev–Trinajstić information content (AvgIpc) is 2.29. The SMILES string of the molecule is CCC(C)NC(CC)Cc1ccccc1. The van der Waals surface area contributed by atoms with E-state index in [2.05, 4.69) is 56.4 Å². The van der Waals surface area contributed by atoms with Crippen LogP contribution in [0.1, 0.15) is 39.2 Å². The standard InChI is InChI=1S/C14H23N/c1-4-12(3)15-14(5-2)11-13-9-7-6-8-10-13/h6-10,12,14-15H,4-5,11H2,1-3H3. The summed E-state index contributed by atoms with van der Waals surface area (Å²) in [5.74, 6) is 0. The van der Waals surface area contributed by atoms with Gasteiger partial charge in [0.15, 0.2) is 0 Å². The van der Waals surface area contributed by atoms with Crippen LogP contribution in [0.25, 0.3) is 0 Å². The summed E-state index contributed by atoms with van der Waals surface area (Å²) in [5, 5.41) is 3.66. The van der Waals surface area contributed by atoms with E-state index < -0.39 is 0 Å². The van der Waals surface area contributed by atoms with Gasteiger partial charge in [0, 0.05) is 12.1 Å². The summed E-state index contributed by atoms with van der Waals surface area (Å²) < 4.78 is 0.